The smallest absolute Gasteiger partial charge is 0.146 e. The molecule has 0 bridgehead atoms. The molecule has 1 N–H and O–H groups in total. The van der Waals surface area contributed by atoms with Gasteiger partial charge in [0.25, 0.3) is 0 Å². The molecule has 0 amide bonds. The van der Waals surface area contributed by atoms with Crippen molar-refractivity contribution in [3.05, 3.63) is 11.6 Å². The van der Waals surface area contributed by atoms with Crippen molar-refractivity contribution in [2.75, 3.05) is 6.54 Å². The van der Waals surface area contributed by atoms with Gasteiger partial charge in [0.1, 0.15) is 11.6 Å². The Bertz CT molecular complexity index is 267. The number of hydrogen-bond acceptors (Lipinski definition) is 3. The Kier molecular flexibility index (Phi) is 4.59. The third kappa shape index (κ3) is 3.10. The first-order valence-electron chi connectivity index (χ1n) is 5.31. The second-order valence-corrected chi connectivity index (χ2v) is 3.61. The van der Waals surface area contributed by atoms with Gasteiger partial charge in [0.15, 0.2) is 0 Å². The lowest BCUT2D eigenvalue weighted by molar-refractivity contribution is 0.590. The number of aromatic nitrogens is 3. The molecule has 1 heterocycles. The number of unbranched alkanes of at least 4 members (excludes halogenated alkanes) is 2. The van der Waals surface area contributed by atoms with Gasteiger partial charge in [-0.05, 0) is 19.9 Å². The van der Waals surface area contributed by atoms with Gasteiger partial charge in [-0.1, -0.05) is 19.8 Å². The molecule has 0 spiro atoms. The van der Waals surface area contributed by atoms with Gasteiger partial charge in [0.2, 0.25) is 0 Å². The molecule has 0 aliphatic heterocycles. The number of aryl methyl sites for hydroxylation is 1. The fourth-order valence-electron chi connectivity index (χ4n) is 1.31. The molecule has 1 aromatic rings. The first-order valence-corrected chi connectivity index (χ1v) is 5.31. The molecule has 0 aliphatic carbocycles. The van der Waals surface area contributed by atoms with E-state index in [1.54, 1.807) is 0 Å². The second kappa shape index (κ2) is 5.75. The van der Waals surface area contributed by atoms with Crippen molar-refractivity contribution in [3.63, 3.8) is 0 Å². The summed E-state index contributed by atoms with van der Waals surface area (Å²) in [5, 5.41) is 11.5. The molecule has 1 rings (SSSR count). The molecule has 0 unspecified atom stereocenters. The van der Waals surface area contributed by atoms with E-state index in [0.717, 1.165) is 24.7 Å². The van der Waals surface area contributed by atoms with Gasteiger partial charge in [-0.2, -0.15) is 0 Å². The van der Waals surface area contributed by atoms with Crippen molar-refractivity contribution in [3.8, 4) is 0 Å². The standard InChI is InChI=1S/C10H20N4/c1-4-5-6-7-11-8-10-13-12-9(2)14(10)3/h11H,4-8H2,1-3H3. The third-order valence-corrected chi connectivity index (χ3v) is 2.42. The van der Waals surface area contributed by atoms with Crippen molar-refractivity contribution in [2.45, 2.75) is 39.7 Å². The summed E-state index contributed by atoms with van der Waals surface area (Å²) < 4.78 is 2.02. The summed E-state index contributed by atoms with van der Waals surface area (Å²) in [5.41, 5.74) is 0. The Morgan fingerprint density at radius 1 is 1.29 bits per heavy atom. The van der Waals surface area contributed by atoms with Crippen LogP contribution in [0.25, 0.3) is 0 Å². The zero-order chi connectivity index (χ0) is 10.4. The van der Waals surface area contributed by atoms with Crippen LogP contribution in [0.15, 0.2) is 0 Å². The fraction of sp³-hybridized carbons (Fsp3) is 0.800. The largest absolute Gasteiger partial charge is 0.317 e. The minimum absolute atomic E-state index is 0.820. The number of rotatable bonds is 6. The van der Waals surface area contributed by atoms with E-state index in [-0.39, 0.29) is 0 Å². The van der Waals surface area contributed by atoms with Gasteiger partial charge >= 0.3 is 0 Å². The molecule has 0 saturated carbocycles. The average molecular weight is 196 g/mol. The third-order valence-electron chi connectivity index (χ3n) is 2.42. The van der Waals surface area contributed by atoms with E-state index in [4.69, 9.17) is 0 Å². The lowest BCUT2D eigenvalue weighted by Crippen LogP contribution is -2.17. The van der Waals surface area contributed by atoms with Gasteiger partial charge in [0, 0.05) is 7.05 Å². The highest BCUT2D eigenvalue weighted by Gasteiger charge is 2.02. The normalized spacial score (nSPS) is 10.8. The van der Waals surface area contributed by atoms with Crippen molar-refractivity contribution in [1.29, 1.82) is 0 Å². The van der Waals surface area contributed by atoms with Crippen LogP contribution in [0.1, 0.15) is 37.8 Å². The second-order valence-electron chi connectivity index (χ2n) is 3.61. The van der Waals surface area contributed by atoms with Gasteiger partial charge < -0.3 is 9.88 Å². The van der Waals surface area contributed by atoms with Crippen molar-refractivity contribution < 1.29 is 0 Å². The van der Waals surface area contributed by atoms with Crippen LogP contribution >= 0.6 is 0 Å². The SMILES string of the molecule is CCCCCNCc1nnc(C)n1C. The van der Waals surface area contributed by atoms with E-state index in [9.17, 15) is 0 Å². The molecule has 1 aromatic heterocycles. The molecule has 0 atom stereocenters. The van der Waals surface area contributed by atoms with Crippen LogP contribution in [0.4, 0.5) is 0 Å². The van der Waals surface area contributed by atoms with Gasteiger partial charge in [-0.25, -0.2) is 0 Å². The lowest BCUT2D eigenvalue weighted by Gasteiger charge is -2.03. The summed E-state index contributed by atoms with van der Waals surface area (Å²) >= 11 is 0. The predicted octanol–water partition coefficient (Wildman–Crippen LogP) is 1.40. The van der Waals surface area contributed by atoms with E-state index in [2.05, 4.69) is 22.4 Å². The fourth-order valence-corrected chi connectivity index (χ4v) is 1.31. The van der Waals surface area contributed by atoms with Crippen LogP contribution in [0.5, 0.6) is 0 Å². The predicted molar refractivity (Wildman–Crippen MR) is 57.0 cm³/mol. The van der Waals surface area contributed by atoms with E-state index >= 15 is 0 Å². The Balaban J connectivity index is 2.21. The maximum Gasteiger partial charge on any atom is 0.146 e. The van der Waals surface area contributed by atoms with Gasteiger partial charge in [-0.3, -0.25) is 0 Å². The molecule has 0 saturated heterocycles. The Morgan fingerprint density at radius 3 is 2.64 bits per heavy atom. The van der Waals surface area contributed by atoms with E-state index < -0.39 is 0 Å². The topological polar surface area (TPSA) is 42.7 Å². The van der Waals surface area contributed by atoms with Crippen LogP contribution in [-0.2, 0) is 13.6 Å². The summed E-state index contributed by atoms with van der Waals surface area (Å²) in [6, 6.07) is 0. The summed E-state index contributed by atoms with van der Waals surface area (Å²) in [5.74, 6) is 1.98. The molecule has 0 fully saturated rings. The number of nitrogens with one attached hydrogen (secondary N) is 1. The van der Waals surface area contributed by atoms with Crippen LogP contribution in [0.2, 0.25) is 0 Å². The zero-order valence-electron chi connectivity index (χ0n) is 9.38. The molecule has 4 nitrogen and oxygen atoms in total. The maximum atomic E-state index is 4.08. The first kappa shape index (κ1) is 11.2. The summed E-state index contributed by atoms with van der Waals surface area (Å²) in [4.78, 5) is 0. The summed E-state index contributed by atoms with van der Waals surface area (Å²) in [6.07, 6.45) is 3.81. The van der Waals surface area contributed by atoms with E-state index in [1.807, 2.05) is 18.5 Å². The molecule has 4 heteroatoms. The van der Waals surface area contributed by atoms with E-state index in [1.165, 1.54) is 19.3 Å². The van der Waals surface area contributed by atoms with Crippen LogP contribution < -0.4 is 5.32 Å². The molecule has 80 valence electrons. The zero-order valence-corrected chi connectivity index (χ0v) is 9.38. The monoisotopic (exact) mass is 196 g/mol. The highest BCUT2D eigenvalue weighted by molar-refractivity contribution is 4.91. The van der Waals surface area contributed by atoms with Crippen molar-refractivity contribution in [1.82, 2.24) is 20.1 Å². The Morgan fingerprint density at radius 2 is 2.07 bits per heavy atom. The van der Waals surface area contributed by atoms with E-state index in [0.29, 0.717) is 0 Å². The number of nitrogens with zero attached hydrogens (tertiary/aromatic N) is 3. The summed E-state index contributed by atoms with van der Waals surface area (Å²) in [6.45, 7) is 6.07. The van der Waals surface area contributed by atoms with Crippen LogP contribution in [0, 0.1) is 6.92 Å². The number of hydrogen-bond donors (Lipinski definition) is 1. The molecule has 14 heavy (non-hydrogen) atoms. The van der Waals surface area contributed by atoms with Crippen molar-refractivity contribution in [2.24, 2.45) is 7.05 Å². The average Bonchev–Trinajstić information content (AvgIpc) is 2.49. The van der Waals surface area contributed by atoms with Crippen LogP contribution in [-0.4, -0.2) is 21.3 Å². The molecule has 0 aliphatic rings. The minimum atomic E-state index is 0.820. The van der Waals surface area contributed by atoms with Crippen molar-refractivity contribution >= 4 is 0 Å². The Labute approximate surface area is 85.7 Å². The molecule has 0 aromatic carbocycles. The van der Waals surface area contributed by atoms with Gasteiger partial charge in [-0.15, -0.1) is 10.2 Å². The molecular weight excluding hydrogens is 176 g/mol. The highest BCUT2D eigenvalue weighted by Crippen LogP contribution is 1.97. The molecular formula is C10H20N4. The molecule has 0 radical (unpaired) electrons. The van der Waals surface area contributed by atoms with Gasteiger partial charge in [0.05, 0.1) is 6.54 Å². The highest BCUT2D eigenvalue weighted by atomic mass is 15.3. The minimum Gasteiger partial charge on any atom is -0.317 e. The Hall–Kier alpha value is -0.900. The summed E-state index contributed by atoms with van der Waals surface area (Å²) in [7, 11) is 2.00. The van der Waals surface area contributed by atoms with Crippen LogP contribution in [0.3, 0.4) is 0 Å². The first-order chi connectivity index (χ1) is 6.75. The maximum absolute atomic E-state index is 4.08. The lowest BCUT2D eigenvalue weighted by atomic mass is 10.2. The quantitative estimate of drug-likeness (QED) is 0.699.